The summed E-state index contributed by atoms with van der Waals surface area (Å²) in [6, 6.07) is 2.81. The highest BCUT2D eigenvalue weighted by Gasteiger charge is 2.12. The summed E-state index contributed by atoms with van der Waals surface area (Å²) in [5.74, 6) is 0. The van der Waals surface area contributed by atoms with Crippen LogP contribution in [0.25, 0.3) is 0 Å². The number of nitriles is 1. The molecule has 0 radical (unpaired) electrons. The zero-order valence-electron chi connectivity index (χ0n) is 6.48. The Balaban J connectivity index is 3.28. The van der Waals surface area contributed by atoms with Gasteiger partial charge < -0.3 is 4.98 Å². The van der Waals surface area contributed by atoms with Gasteiger partial charge in [0.1, 0.15) is 0 Å². The van der Waals surface area contributed by atoms with Crippen LogP contribution in [0.5, 0.6) is 0 Å². The van der Waals surface area contributed by atoms with Gasteiger partial charge in [0.15, 0.2) is 0 Å². The molecule has 13 heavy (non-hydrogen) atoms. The number of rotatable bonds is 2. The number of hydrogen-bond donors (Lipinski definition) is 1. The van der Waals surface area contributed by atoms with E-state index in [0.29, 0.717) is 0 Å². The topological polar surface area (TPSA) is 99.8 Å². The number of nitrogens with one attached hydrogen (secondary N) is 1. The Morgan fingerprint density at radius 1 is 1.69 bits per heavy atom. The summed E-state index contributed by atoms with van der Waals surface area (Å²) in [6.45, 7) is 0. The summed E-state index contributed by atoms with van der Waals surface area (Å²) < 4.78 is 0. The molecule has 1 aromatic heterocycles. The van der Waals surface area contributed by atoms with E-state index in [1.165, 1.54) is 0 Å². The first-order valence-corrected chi connectivity index (χ1v) is 3.38. The Kier molecular flexibility index (Phi) is 2.40. The molecule has 0 amide bonds. The molecule has 1 rings (SSSR count). The van der Waals surface area contributed by atoms with Crippen LogP contribution >= 0.6 is 0 Å². The van der Waals surface area contributed by atoms with Crippen LogP contribution in [-0.4, -0.2) is 9.91 Å². The Bertz CT molecular complexity index is 429. The summed E-state index contributed by atoms with van der Waals surface area (Å²) in [4.78, 5) is 22.7. The SMILES string of the molecule is N#CCc1cc(=O)[nH]cc1[N+](=O)[O-]. The van der Waals surface area contributed by atoms with Crippen LogP contribution in [0.3, 0.4) is 0 Å². The average Bonchev–Trinajstić information content (AvgIpc) is 2.04. The molecule has 0 aliphatic heterocycles. The summed E-state index contributed by atoms with van der Waals surface area (Å²) >= 11 is 0. The lowest BCUT2D eigenvalue weighted by Gasteiger charge is -1.95. The number of aromatic nitrogens is 1. The van der Waals surface area contributed by atoms with Gasteiger partial charge in [-0.1, -0.05) is 0 Å². The first-order valence-electron chi connectivity index (χ1n) is 3.38. The van der Waals surface area contributed by atoms with E-state index < -0.39 is 10.5 Å². The molecule has 0 aliphatic rings. The van der Waals surface area contributed by atoms with Crippen LogP contribution in [0.1, 0.15) is 5.56 Å². The minimum absolute atomic E-state index is 0.135. The lowest BCUT2D eigenvalue weighted by atomic mass is 10.2. The van der Waals surface area contributed by atoms with Crippen molar-refractivity contribution < 1.29 is 4.92 Å². The van der Waals surface area contributed by atoms with Crippen molar-refractivity contribution in [3.8, 4) is 6.07 Å². The molecule has 0 bridgehead atoms. The molecule has 0 aliphatic carbocycles. The van der Waals surface area contributed by atoms with Crippen LogP contribution in [0.15, 0.2) is 17.1 Å². The molecule has 6 heteroatoms. The highest BCUT2D eigenvalue weighted by molar-refractivity contribution is 5.38. The number of hydrogen-bond acceptors (Lipinski definition) is 4. The molecule has 0 saturated heterocycles. The average molecular weight is 179 g/mol. The Morgan fingerprint density at radius 3 is 2.92 bits per heavy atom. The summed E-state index contributed by atoms with van der Waals surface area (Å²) in [5, 5.41) is 18.7. The summed E-state index contributed by atoms with van der Waals surface area (Å²) in [5.41, 5.74) is -0.548. The molecule has 1 N–H and O–H groups in total. The maximum Gasteiger partial charge on any atom is 0.289 e. The molecule has 0 aromatic carbocycles. The van der Waals surface area contributed by atoms with Crippen LogP contribution in [-0.2, 0) is 6.42 Å². The van der Waals surface area contributed by atoms with Gasteiger partial charge in [0.05, 0.1) is 29.2 Å². The highest BCUT2D eigenvalue weighted by Crippen LogP contribution is 2.14. The van der Waals surface area contributed by atoms with Crippen molar-refractivity contribution in [1.29, 1.82) is 5.26 Å². The smallest absolute Gasteiger partial charge is 0.289 e. The second-order valence-electron chi connectivity index (χ2n) is 2.30. The van der Waals surface area contributed by atoms with Gasteiger partial charge in [-0.05, 0) is 0 Å². The van der Waals surface area contributed by atoms with Crippen LogP contribution < -0.4 is 5.56 Å². The molecule has 0 spiro atoms. The molecule has 0 unspecified atom stereocenters. The minimum atomic E-state index is -0.636. The van der Waals surface area contributed by atoms with Crippen molar-refractivity contribution in [1.82, 2.24) is 4.98 Å². The number of pyridine rings is 1. The van der Waals surface area contributed by atoms with E-state index in [-0.39, 0.29) is 17.7 Å². The molecular formula is C7H5N3O3. The maximum absolute atomic E-state index is 10.8. The number of nitro groups is 1. The standard InChI is InChI=1S/C7H5N3O3/c8-2-1-5-3-7(11)9-4-6(5)10(12)13/h3-4H,1H2,(H,9,11). The molecule has 1 aromatic rings. The largest absolute Gasteiger partial charge is 0.323 e. The van der Waals surface area contributed by atoms with Crippen LogP contribution in [0.4, 0.5) is 5.69 Å². The first kappa shape index (κ1) is 8.93. The quantitative estimate of drug-likeness (QED) is 0.522. The normalized spacial score (nSPS) is 9.15. The van der Waals surface area contributed by atoms with Gasteiger partial charge in [-0.2, -0.15) is 5.26 Å². The third-order valence-electron chi connectivity index (χ3n) is 1.45. The zero-order valence-corrected chi connectivity index (χ0v) is 6.48. The van der Waals surface area contributed by atoms with Crippen LogP contribution in [0, 0.1) is 21.4 Å². The van der Waals surface area contributed by atoms with Crippen LogP contribution in [0.2, 0.25) is 0 Å². The van der Waals surface area contributed by atoms with Gasteiger partial charge in [0.2, 0.25) is 5.56 Å². The predicted octanol–water partition coefficient (Wildman–Crippen LogP) is 0.349. The third kappa shape index (κ3) is 1.90. The predicted molar refractivity (Wildman–Crippen MR) is 43.0 cm³/mol. The first-order chi connectivity index (χ1) is 6.15. The fraction of sp³-hybridized carbons (Fsp3) is 0.143. The van der Waals surface area contributed by atoms with Gasteiger partial charge in [-0.25, -0.2) is 0 Å². The van der Waals surface area contributed by atoms with Gasteiger partial charge >= 0.3 is 0 Å². The highest BCUT2D eigenvalue weighted by atomic mass is 16.6. The Hall–Kier alpha value is -2.16. The van der Waals surface area contributed by atoms with Crippen molar-refractivity contribution in [3.63, 3.8) is 0 Å². The second kappa shape index (κ2) is 3.49. The summed E-state index contributed by atoms with van der Waals surface area (Å²) in [7, 11) is 0. The van der Waals surface area contributed by atoms with E-state index in [4.69, 9.17) is 5.26 Å². The molecule has 6 nitrogen and oxygen atoms in total. The number of nitrogens with zero attached hydrogens (tertiary/aromatic N) is 2. The van der Waals surface area contributed by atoms with E-state index in [2.05, 4.69) is 4.98 Å². The van der Waals surface area contributed by atoms with Crippen molar-refractivity contribution in [3.05, 3.63) is 38.3 Å². The van der Waals surface area contributed by atoms with E-state index in [1.54, 1.807) is 6.07 Å². The van der Waals surface area contributed by atoms with E-state index in [0.717, 1.165) is 12.3 Å². The lowest BCUT2D eigenvalue weighted by molar-refractivity contribution is -0.385. The van der Waals surface area contributed by atoms with E-state index in [1.807, 2.05) is 0 Å². The van der Waals surface area contributed by atoms with Gasteiger partial charge in [-0.15, -0.1) is 0 Å². The van der Waals surface area contributed by atoms with Crippen molar-refractivity contribution in [2.24, 2.45) is 0 Å². The fourth-order valence-electron chi connectivity index (χ4n) is 0.903. The molecule has 66 valence electrons. The molecule has 1 heterocycles. The number of aromatic amines is 1. The van der Waals surface area contributed by atoms with Gasteiger partial charge in [0.25, 0.3) is 5.69 Å². The summed E-state index contributed by atoms with van der Waals surface area (Å²) in [6.07, 6.45) is 0.856. The minimum Gasteiger partial charge on any atom is -0.323 e. The zero-order chi connectivity index (χ0) is 9.84. The molecular weight excluding hydrogens is 174 g/mol. The molecule has 0 saturated carbocycles. The number of H-pyrrole nitrogens is 1. The van der Waals surface area contributed by atoms with Gasteiger partial charge in [0, 0.05) is 6.07 Å². The second-order valence-corrected chi connectivity index (χ2v) is 2.30. The van der Waals surface area contributed by atoms with Crippen molar-refractivity contribution >= 4 is 5.69 Å². The van der Waals surface area contributed by atoms with Crippen molar-refractivity contribution in [2.45, 2.75) is 6.42 Å². The molecule has 0 atom stereocenters. The molecule has 0 fully saturated rings. The third-order valence-corrected chi connectivity index (χ3v) is 1.45. The maximum atomic E-state index is 10.8. The monoisotopic (exact) mass is 179 g/mol. The van der Waals surface area contributed by atoms with Crippen molar-refractivity contribution in [2.75, 3.05) is 0 Å². The fourth-order valence-corrected chi connectivity index (χ4v) is 0.903. The van der Waals surface area contributed by atoms with E-state index in [9.17, 15) is 14.9 Å². The lowest BCUT2D eigenvalue weighted by Crippen LogP contribution is -2.07. The Labute approximate surface area is 72.6 Å². The van der Waals surface area contributed by atoms with E-state index >= 15 is 0 Å². The Morgan fingerprint density at radius 2 is 2.38 bits per heavy atom. The van der Waals surface area contributed by atoms with Gasteiger partial charge in [-0.3, -0.25) is 14.9 Å².